The molecule has 2 heteroatoms. The van der Waals surface area contributed by atoms with Crippen LogP contribution in [0.4, 0.5) is 0 Å². The molecule has 0 saturated heterocycles. The molecule has 0 fully saturated rings. The predicted octanol–water partition coefficient (Wildman–Crippen LogP) is 9.43. The molecule has 1 aliphatic rings. The maximum atomic E-state index is 4.34. The molecule has 0 aliphatic carbocycles. The van der Waals surface area contributed by atoms with Gasteiger partial charge in [0.2, 0.25) is 6.17 Å². The highest BCUT2D eigenvalue weighted by Crippen LogP contribution is 2.30. The van der Waals surface area contributed by atoms with E-state index in [1.807, 2.05) is 0 Å². The van der Waals surface area contributed by atoms with E-state index in [9.17, 15) is 0 Å². The molecule has 0 spiro atoms. The van der Waals surface area contributed by atoms with Crippen molar-refractivity contribution in [3.8, 4) is 0 Å². The molecule has 1 aliphatic heterocycles. The van der Waals surface area contributed by atoms with Crippen molar-refractivity contribution in [3.05, 3.63) is 41.6 Å². The Kier molecular flexibility index (Phi) is 14.1. The summed E-state index contributed by atoms with van der Waals surface area (Å²) in [6.07, 6.45) is 28.1. The largest absolute Gasteiger partial charge is 0.243 e. The molecule has 0 aromatic heterocycles. The van der Waals surface area contributed by atoms with Gasteiger partial charge in [-0.05, 0) is 36.5 Å². The monoisotopic (exact) mass is 423 g/mol. The lowest BCUT2D eigenvalue weighted by Gasteiger charge is -2.17. The summed E-state index contributed by atoms with van der Waals surface area (Å²) in [7, 11) is 0. The van der Waals surface area contributed by atoms with Crippen molar-refractivity contribution in [1.29, 1.82) is 0 Å². The van der Waals surface area contributed by atoms with E-state index >= 15 is 0 Å². The van der Waals surface area contributed by atoms with Crippen LogP contribution in [0.15, 0.2) is 34.3 Å². The summed E-state index contributed by atoms with van der Waals surface area (Å²) in [5, 5.41) is 0. The van der Waals surface area contributed by atoms with Crippen LogP contribution in [-0.4, -0.2) is 12.4 Å². The summed E-state index contributed by atoms with van der Waals surface area (Å²) in [6.45, 7) is 4.59. The summed E-state index contributed by atoms with van der Waals surface area (Å²) < 4.78 is 0. The molecule has 0 N–H and O–H groups in total. The molecular formula is C29H47N2+. The Balaban J connectivity index is 1.76. The Morgan fingerprint density at radius 1 is 0.581 bits per heavy atom. The van der Waals surface area contributed by atoms with Crippen molar-refractivity contribution in [2.24, 2.45) is 9.98 Å². The van der Waals surface area contributed by atoms with Crippen molar-refractivity contribution in [2.75, 3.05) is 0 Å². The highest BCUT2D eigenvalue weighted by Gasteiger charge is 2.19. The minimum Gasteiger partial charge on any atom is -0.147 e. The van der Waals surface area contributed by atoms with Crippen molar-refractivity contribution >= 4 is 12.4 Å². The van der Waals surface area contributed by atoms with Gasteiger partial charge in [0, 0.05) is 12.1 Å². The van der Waals surface area contributed by atoms with Gasteiger partial charge in [0.25, 0.3) is 0 Å². The summed E-state index contributed by atoms with van der Waals surface area (Å²) in [5.41, 5.74) is 2.65. The van der Waals surface area contributed by atoms with Crippen LogP contribution in [-0.2, 0) is 0 Å². The van der Waals surface area contributed by atoms with E-state index in [0.717, 1.165) is 11.7 Å². The molecule has 1 heterocycles. The van der Waals surface area contributed by atoms with Crippen LogP contribution in [0.25, 0.3) is 0 Å². The first-order valence-corrected chi connectivity index (χ1v) is 13.4. The summed E-state index contributed by atoms with van der Waals surface area (Å²) in [4.78, 5) is 8.68. The lowest BCUT2D eigenvalue weighted by Crippen LogP contribution is -2.01. The lowest BCUT2D eigenvalue weighted by molar-refractivity contribution is 0.483. The van der Waals surface area contributed by atoms with E-state index in [4.69, 9.17) is 0 Å². The van der Waals surface area contributed by atoms with E-state index in [-0.39, 0.29) is 0 Å². The number of benzene rings is 1. The molecule has 1 aromatic carbocycles. The van der Waals surface area contributed by atoms with Crippen LogP contribution in [0.2, 0.25) is 0 Å². The van der Waals surface area contributed by atoms with Crippen molar-refractivity contribution in [1.82, 2.24) is 0 Å². The van der Waals surface area contributed by atoms with Gasteiger partial charge in [-0.15, -0.1) is 9.98 Å². The molecule has 1 unspecified atom stereocenters. The number of aliphatic imine (C=N–C) groups is 2. The van der Waals surface area contributed by atoms with Gasteiger partial charge >= 0.3 is 0 Å². The zero-order valence-electron chi connectivity index (χ0n) is 20.5. The van der Waals surface area contributed by atoms with Gasteiger partial charge < -0.3 is 0 Å². The predicted molar refractivity (Wildman–Crippen MR) is 138 cm³/mol. The first kappa shape index (κ1) is 25.7. The van der Waals surface area contributed by atoms with E-state index < -0.39 is 0 Å². The van der Waals surface area contributed by atoms with Gasteiger partial charge in [0.15, 0.2) is 0 Å². The number of hydrogen-bond donors (Lipinski definition) is 0. The molecule has 172 valence electrons. The Labute approximate surface area is 193 Å². The van der Waals surface area contributed by atoms with E-state index in [2.05, 4.69) is 48.1 Å². The number of nitrogens with zero attached hydrogens (tertiary/aromatic N) is 2. The second-order valence-electron chi connectivity index (χ2n) is 9.37. The highest BCUT2D eigenvalue weighted by atomic mass is 15.0. The quantitative estimate of drug-likeness (QED) is 0.156. The molecule has 1 atom stereocenters. The zero-order chi connectivity index (χ0) is 22.0. The third kappa shape index (κ3) is 11.0. The highest BCUT2D eigenvalue weighted by molar-refractivity contribution is 6.18. The topological polar surface area (TPSA) is 24.7 Å². The van der Waals surface area contributed by atoms with Crippen LogP contribution in [0.5, 0.6) is 0 Å². The molecule has 0 radical (unpaired) electrons. The van der Waals surface area contributed by atoms with E-state index in [0.29, 0.717) is 5.92 Å². The van der Waals surface area contributed by atoms with E-state index in [1.54, 1.807) is 12.4 Å². The van der Waals surface area contributed by atoms with Gasteiger partial charge in [0.1, 0.15) is 18.0 Å². The van der Waals surface area contributed by atoms with Crippen molar-refractivity contribution < 1.29 is 0 Å². The Bertz CT molecular complexity index is 590. The minimum absolute atomic E-state index is 0.713. The Hall–Kier alpha value is -1.57. The first-order valence-electron chi connectivity index (χ1n) is 13.4. The fourth-order valence-corrected chi connectivity index (χ4v) is 4.64. The van der Waals surface area contributed by atoms with Crippen molar-refractivity contribution in [2.45, 2.75) is 129 Å². The van der Waals surface area contributed by atoms with Crippen LogP contribution in [0.3, 0.4) is 0 Å². The third-order valence-corrected chi connectivity index (χ3v) is 6.66. The zero-order valence-corrected chi connectivity index (χ0v) is 20.5. The van der Waals surface area contributed by atoms with Gasteiger partial charge in [-0.3, -0.25) is 0 Å². The molecule has 0 amide bonds. The Morgan fingerprint density at radius 3 is 1.45 bits per heavy atom. The fraction of sp³-hybridized carbons (Fsp3) is 0.690. The third-order valence-electron chi connectivity index (χ3n) is 6.66. The summed E-state index contributed by atoms with van der Waals surface area (Å²) in [6, 6.07) is 9.11. The molecule has 0 bridgehead atoms. The number of rotatable bonds is 19. The molecule has 2 nitrogen and oxygen atoms in total. The number of unbranched alkanes of at least 4 members (excludes halogenated alkanes) is 13. The van der Waals surface area contributed by atoms with Gasteiger partial charge in [-0.2, -0.15) is 0 Å². The minimum atomic E-state index is 0.713. The van der Waals surface area contributed by atoms with Gasteiger partial charge in [0.05, 0.1) is 0 Å². The number of hydrogen-bond acceptors (Lipinski definition) is 2. The fourth-order valence-electron chi connectivity index (χ4n) is 4.64. The molecule has 1 aromatic rings. The molecular weight excluding hydrogens is 376 g/mol. The molecule has 0 saturated carbocycles. The average Bonchev–Trinajstić information content (AvgIpc) is 3.34. The van der Waals surface area contributed by atoms with Gasteiger partial charge in [-0.1, -0.05) is 110 Å². The van der Waals surface area contributed by atoms with Crippen LogP contribution < -0.4 is 0 Å². The van der Waals surface area contributed by atoms with Crippen molar-refractivity contribution in [3.63, 3.8) is 0 Å². The molecule has 2 rings (SSSR count). The standard InChI is InChI=1S/C29H47N2/c1-3-5-7-9-11-13-15-17-19-26(18-16-14-12-10-8-6-4-2)27-20-22-28(23-21-27)29-30-24-25-31-29/h20-26H,3-19H2,1-2H3/q+1. The van der Waals surface area contributed by atoms with Crippen LogP contribution >= 0.6 is 0 Å². The van der Waals surface area contributed by atoms with Crippen LogP contribution in [0, 0.1) is 6.17 Å². The smallest absolute Gasteiger partial charge is 0.147 e. The van der Waals surface area contributed by atoms with Gasteiger partial charge in [-0.25, -0.2) is 0 Å². The normalized spacial score (nSPS) is 13.9. The SMILES string of the molecule is CCCCCCCCCCC(CCCCCCCCC)c1ccc([C+]2N=CC=N2)cc1. The lowest BCUT2D eigenvalue weighted by atomic mass is 9.87. The Morgan fingerprint density at radius 2 is 1.00 bits per heavy atom. The second kappa shape index (κ2) is 17.0. The first-order chi connectivity index (χ1) is 15.3. The maximum absolute atomic E-state index is 4.34. The average molecular weight is 424 g/mol. The molecule has 31 heavy (non-hydrogen) atoms. The van der Waals surface area contributed by atoms with E-state index in [1.165, 1.54) is 115 Å². The second-order valence-corrected chi connectivity index (χ2v) is 9.37. The van der Waals surface area contributed by atoms with Crippen LogP contribution in [0.1, 0.15) is 140 Å². The maximum Gasteiger partial charge on any atom is 0.243 e. The summed E-state index contributed by atoms with van der Waals surface area (Å²) in [5.74, 6) is 0.713. The summed E-state index contributed by atoms with van der Waals surface area (Å²) >= 11 is 0.